The molecule has 0 spiro atoms. The Balaban J connectivity index is 3.91. The number of thiol groups is 1. The topological polar surface area (TPSA) is 172 Å². The van der Waals surface area contributed by atoms with Crippen LogP contribution in [-0.4, -0.2) is 39.5 Å². The Hall–Kier alpha value is -0.550. The summed E-state index contributed by atoms with van der Waals surface area (Å²) in [5.41, 5.74) is 0. The smallest absolute Gasteiger partial charge is 0.312 e. The molecule has 0 saturated carbocycles. The Labute approximate surface area is 128 Å². The largest absolute Gasteiger partial charge is 0.505 e. The molecule has 0 atom stereocenters. The molecule has 0 heterocycles. The summed E-state index contributed by atoms with van der Waals surface area (Å²) in [6.45, 7) is 0. The zero-order valence-electron chi connectivity index (χ0n) is 9.43. The molecule has 0 aromatic heterocycles. The van der Waals surface area contributed by atoms with Crippen molar-refractivity contribution in [3.8, 4) is 5.75 Å². The van der Waals surface area contributed by atoms with Crippen molar-refractivity contribution in [2.45, 2.75) is 14.7 Å². The molecule has 0 radical (unpaired) electrons. The normalized spacial score (nSPS) is 13.3. The number of hydrogen-bond acceptors (Lipinski definition) is 10. The van der Waals surface area contributed by atoms with Crippen molar-refractivity contribution in [1.82, 2.24) is 0 Å². The third-order valence-corrected chi connectivity index (χ3v) is 6.03. The van der Waals surface area contributed by atoms with Gasteiger partial charge in [-0.2, -0.15) is 28.9 Å². The molecule has 1 aromatic carbocycles. The van der Waals surface area contributed by atoms with Crippen LogP contribution in [0.4, 0.5) is 0 Å². The van der Waals surface area contributed by atoms with E-state index in [1.807, 2.05) is 0 Å². The van der Waals surface area contributed by atoms with Crippen LogP contribution >= 0.6 is 22.7 Å². The van der Waals surface area contributed by atoms with Crippen LogP contribution in [0.2, 0.25) is 0 Å². The zero-order valence-corrected chi connectivity index (χ0v) is 13.6. The highest BCUT2D eigenvalue weighted by molar-refractivity contribution is 8.67. The lowest BCUT2D eigenvalue weighted by Gasteiger charge is -2.09. The molecule has 10 nitrogen and oxygen atoms in total. The maximum absolute atomic E-state index is 11.6. The fourth-order valence-corrected chi connectivity index (χ4v) is 4.50. The van der Waals surface area contributed by atoms with Crippen molar-refractivity contribution in [2.75, 3.05) is 0 Å². The summed E-state index contributed by atoms with van der Waals surface area (Å²) >= 11 is 3.37. The lowest BCUT2D eigenvalue weighted by molar-refractivity contribution is 0.425. The molecule has 1 aromatic rings. The molecule has 0 unspecified atom stereocenters. The molecule has 1 rings (SSSR count). The highest BCUT2D eigenvalue weighted by Crippen LogP contribution is 2.35. The molecule has 0 aliphatic heterocycles. The van der Waals surface area contributed by atoms with E-state index in [0.717, 1.165) is 0 Å². The van der Waals surface area contributed by atoms with Crippen LogP contribution in [0, 0.1) is 0 Å². The van der Waals surface area contributed by atoms with E-state index in [1.54, 1.807) is 0 Å². The van der Waals surface area contributed by atoms with Crippen molar-refractivity contribution in [1.29, 1.82) is 0 Å². The van der Waals surface area contributed by atoms with Gasteiger partial charge in [-0.25, -0.2) is 0 Å². The number of phenolic OH excluding ortho intramolecular Hbond substituents is 1. The molecule has 120 valence electrons. The third-order valence-electron chi connectivity index (χ3n) is 1.98. The summed E-state index contributed by atoms with van der Waals surface area (Å²) in [5.74, 6) is -1.48. The molecular weight excluding hydrogens is 392 g/mol. The first-order valence-electron chi connectivity index (χ1n) is 4.37. The van der Waals surface area contributed by atoms with Gasteiger partial charge < -0.3 is 5.11 Å². The van der Waals surface area contributed by atoms with Crippen molar-refractivity contribution in [3.63, 3.8) is 0 Å². The maximum atomic E-state index is 11.6. The first-order valence-corrected chi connectivity index (χ1v) is 10.5. The monoisotopic (exact) mass is 398 g/mol. The standard InChI is InChI=1S/C6H6O10S5/c7-6-4(20(11,12)13)1-3(19(8,9)10)2-5(6)21(14,15)16-18-17/h1-2,7,17H,(H,8,9,10)(H,11,12,13). The molecule has 15 heteroatoms. The predicted molar refractivity (Wildman–Crippen MR) is 72.6 cm³/mol. The van der Waals surface area contributed by atoms with Crippen molar-refractivity contribution < 1.29 is 43.1 Å². The third kappa shape index (κ3) is 4.22. The SMILES string of the molecule is O=S(=O)(O)c1cc(S(=O)(=O)O)c(O)c(S(=O)(=O)OSS)c1. The van der Waals surface area contributed by atoms with E-state index >= 15 is 0 Å². The van der Waals surface area contributed by atoms with Gasteiger partial charge in [-0.05, 0) is 12.1 Å². The highest BCUT2D eigenvalue weighted by Gasteiger charge is 2.30. The van der Waals surface area contributed by atoms with Crippen LogP contribution in [-0.2, 0) is 34.0 Å². The summed E-state index contributed by atoms with van der Waals surface area (Å²) in [5, 5.41) is 9.57. The summed E-state index contributed by atoms with van der Waals surface area (Å²) in [6.07, 6.45) is 0. The van der Waals surface area contributed by atoms with Crippen LogP contribution in [0.25, 0.3) is 0 Å². The lowest BCUT2D eigenvalue weighted by atomic mass is 10.3. The molecule has 3 N–H and O–H groups in total. The minimum absolute atomic E-state index is 0.0103. The number of phenols is 1. The Morgan fingerprint density at radius 3 is 1.81 bits per heavy atom. The van der Waals surface area contributed by atoms with Gasteiger partial charge in [0.15, 0.2) is 5.75 Å². The first kappa shape index (κ1) is 18.5. The summed E-state index contributed by atoms with van der Waals surface area (Å²) in [7, 11) is -15.0. The Morgan fingerprint density at radius 1 is 0.952 bits per heavy atom. The fraction of sp³-hybridized carbons (Fsp3) is 0. The second-order valence-corrected chi connectivity index (χ2v) is 8.62. The summed E-state index contributed by atoms with van der Waals surface area (Å²) in [6, 6.07) is 0.422. The van der Waals surface area contributed by atoms with Gasteiger partial charge in [-0.3, -0.25) is 9.11 Å². The van der Waals surface area contributed by atoms with E-state index in [9.17, 15) is 30.4 Å². The minimum Gasteiger partial charge on any atom is -0.505 e. The second kappa shape index (κ2) is 5.92. The van der Waals surface area contributed by atoms with Gasteiger partial charge in [-0.15, -0.1) is 0 Å². The van der Waals surface area contributed by atoms with Gasteiger partial charge in [0.05, 0.1) is 16.0 Å². The minimum atomic E-state index is -5.19. The number of hydrogen-bond donors (Lipinski definition) is 4. The lowest BCUT2D eigenvalue weighted by Crippen LogP contribution is -2.09. The average Bonchev–Trinajstić information content (AvgIpc) is 2.25. The molecular formula is C6H6O10S5. The van der Waals surface area contributed by atoms with Gasteiger partial charge in [-0.1, -0.05) is 11.7 Å². The van der Waals surface area contributed by atoms with E-state index in [-0.39, 0.29) is 23.2 Å². The van der Waals surface area contributed by atoms with Gasteiger partial charge >= 0.3 is 10.1 Å². The number of rotatable bonds is 5. The quantitative estimate of drug-likeness (QED) is 0.229. The zero-order chi connectivity index (χ0) is 16.6. The molecule has 21 heavy (non-hydrogen) atoms. The van der Waals surface area contributed by atoms with Crippen LogP contribution in [0.3, 0.4) is 0 Å². The van der Waals surface area contributed by atoms with E-state index in [4.69, 9.17) is 9.11 Å². The van der Waals surface area contributed by atoms with Crippen LogP contribution in [0.1, 0.15) is 0 Å². The van der Waals surface area contributed by atoms with Crippen molar-refractivity contribution in [3.05, 3.63) is 12.1 Å². The second-order valence-electron chi connectivity index (χ2n) is 3.31. The van der Waals surface area contributed by atoms with Crippen LogP contribution in [0.5, 0.6) is 5.75 Å². The van der Waals surface area contributed by atoms with Crippen LogP contribution < -0.4 is 0 Å². The molecule has 0 aliphatic rings. The first-order chi connectivity index (χ1) is 9.30. The van der Waals surface area contributed by atoms with Gasteiger partial charge in [0, 0.05) is 0 Å². The van der Waals surface area contributed by atoms with Crippen molar-refractivity contribution >= 4 is 53.1 Å². The van der Waals surface area contributed by atoms with Gasteiger partial charge in [0.1, 0.15) is 9.79 Å². The number of aromatic hydroxyl groups is 1. The summed E-state index contributed by atoms with van der Waals surface area (Å²) < 4.78 is 89.1. The Bertz CT molecular complexity index is 865. The highest BCUT2D eigenvalue weighted by atomic mass is 33.1. The number of benzene rings is 1. The van der Waals surface area contributed by atoms with E-state index in [1.165, 1.54) is 0 Å². The molecule has 0 aliphatic carbocycles. The van der Waals surface area contributed by atoms with Gasteiger partial charge in [0.25, 0.3) is 20.2 Å². The van der Waals surface area contributed by atoms with Gasteiger partial charge in [0.2, 0.25) is 0 Å². The molecule has 0 fully saturated rings. The fourth-order valence-electron chi connectivity index (χ4n) is 1.17. The Morgan fingerprint density at radius 2 is 1.43 bits per heavy atom. The van der Waals surface area contributed by atoms with E-state index in [2.05, 4.69) is 15.3 Å². The molecule has 0 amide bonds. The van der Waals surface area contributed by atoms with E-state index < -0.39 is 50.8 Å². The van der Waals surface area contributed by atoms with E-state index in [0.29, 0.717) is 0 Å². The maximum Gasteiger partial charge on any atom is 0.312 e. The Kier molecular flexibility index (Phi) is 5.21. The van der Waals surface area contributed by atoms with Crippen molar-refractivity contribution in [2.24, 2.45) is 0 Å². The summed E-state index contributed by atoms with van der Waals surface area (Å²) in [4.78, 5) is -3.94. The predicted octanol–water partition coefficient (Wildman–Crippen LogP) is 0.0839. The van der Waals surface area contributed by atoms with Crippen LogP contribution in [0.15, 0.2) is 26.8 Å². The molecule has 0 saturated heterocycles. The average molecular weight is 398 g/mol. The molecule has 0 bridgehead atoms.